The molecule has 1 aliphatic rings. The molecule has 0 aliphatic heterocycles. The molecular weight excluding hydrogens is 146 g/mol. The lowest BCUT2D eigenvalue weighted by Gasteiger charge is -2.04. The van der Waals surface area contributed by atoms with Crippen molar-refractivity contribution in [3.63, 3.8) is 0 Å². The first kappa shape index (κ1) is 7.66. The molecule has 1 aromatic rings. The molecule has 1 fully saturated rings. The van der Waals surface area contributed by atoms with Crippen molar-refractivity contribution in [2.75, 3.05) is 11.9 Å². The molecule has 1 nitrogen and oxygen atoms in total. The SMILES string of the molecule is [CH2]c1cccc(NCC2CC2)c1. The largest absolute Gasteiger partial charge is 0.385 e. The van der Waals surface area contributed by atoms with Crippen molar-refractivity contribution >= 4 is 5.69 Å². The van der Waals surface area contributed by atoms with E-state index in [0.717, 1.165) is 18.0 Å². The number of anilines is 1. The third-order valence-electron chi connectivity index (χ3n) is 2.22. The van der Waals surface area contributed by atoms with Crippen LogP contribution in [0.1, 0.15) is 18.4 Å². The van der Waals surface area contributed by atoms with Gasteiger partial charge in [-0.3, -0.25) is 0 Å². The molecule has 1 heteroatoms. The molecule has 1 aliphatic carbocycles. The molecule has 63 valence electrons. The molecule has 0 aromatic heterocycles. The maximum Gasteiger partial charge on any atom is 0.0343 e. The molecule has 1 N–H and O–H groups in total. The lowest BCUT2D eigenvalue weighted by atomic mass is 10.2. The molecule has 0 atom stereocenters. The van der Waals surface area contributed by atoms with Crippen molar-refractivity contribution in [3.05, 3.63) is 36.8 Å². The summed E-state index contributed by atoms with van der Waals surface area (Å²) in [6, 6.07) is 8.24. The van der Waals surface area contributed by atoms with Gasteiger partial charge in [-0.1, -0.05) is 12.1 Å². The summed E-state index contributed by atoms with van der Waals surface area (Å²) in [5.41, 5.74) is 2.28. The molecule has 0 amide bonds. The minimum Gasteiger partial charge on any atom is -0.385 e. The van der Waals surface area contributed by atoms with Crippen LogP contribution in [0.25, 0.3) is 0 Å². The fraction of sp³-hybridized carbons (Fsp3) is 0.364. The Balaban J connectivity index is 1.92. The van der Waals surface area contributed by atoms with Crippen LogP contribution in [0.15, 0.2) is 24.3 Å². The molecule has 1 saturated carbocycles. The van der Waals surface area contributed by atoms with Gasteiger partial charge in [0, 0.05) is 12.2 Å². The molecule has 1 aromatic carbocycles. The zero-order valence-corrected chi connectivity index (χ0v) is 7.22. The van der Waals surface area contributed by atoms with E-state index in [1.807, 2.05) is 12.1 Å². The first-order chi connectivity index (χ1) is 5.84. The highest BCUT2D eigenvalue weighted by molar-refractivity contribution is 5.46. The summed E-state index contributed by atoms with van der Waals surface area (Å²) in [6.07, 6.45) is 2.80. The summed E-state index contributed by atoms with van der Waals surface area (Å²) in [5.74, 6) is 0.929. The average Bonchev–Trinajstić information content (AvgIpc) is 2.84. The highest BCUT2D eigenvalue weighted by Gasteiger charge is 2.20. The molecular formula is C11H14N. The van der Waals surface area contributed by atoms with Gasteiger partial charge < -0.3 is 5.32 Å². The third-order valence-corrected chi connectivity index (χ3v) is 2.22. The number of hydrogen-bond acceptors (Lipinski definition) is 1. The molecule has 0 bridgehead atoms. The minimum absolute atomic E-state index is 0.929. The average molecular weight is 160 g/mol. The molecule has 12 heavy (non-hydrogen) atoms. The zero-order valence-electron chi connectivity index (χ0n) is 7.22. The fourth-order valence-corrected chi connectivity index (χ4v) is 1.27. The summed E-state index contributed by atoms with van der Waals surface area (Å²) in [6.45, 7) is 5.01. The summed E-state index contributed by atoms with van der Waals surface area (Å²) in [7, 11) is 0. The lowest BCUT2D eigenvalue weighted by Crippen LogP contribution is -2.02. The van der Waals surface area contributed by atoms with Gasteiger partial charge in [-0.25, -0.2) is 0 Å². The summed E-state index contributed by atoms with van der Waals surface area (Å²) in [5, 5.41) is 3.41. The van der Waals surface area contributed by atoms with Crippen LogP contribution in [0.2, 0.25) is 0 Å². The molecule has 0 heterocycles. The van der Waals surface area contributed by atoms with Gasteiger partial charge in [-0.2, -0.15) is 0 Å². The van der Waals surface area contributed by atoms with Crippen LogP contribution in [-0.2, 0) is 0 Å². The quantitative estimate of drug-likeness (QED) is 0.716. The van der Waals surface area contributed by atoms with E-state index in [4.69, 9.17) is 0 Å². The van der Waals surface area contributed by atoms with E-state index in [1.165, 1.54) is 18.5 Å². The van der Waals surface area contributed by atoms with Gasteiger partial charge in [0.15, 0.2) is 0 Å². The molecule has 1 radical (unpaired) electrons. The predicted molar refractivity (Wildman–Crippen MR) is 52.1 cm³/mol. The van der Waals surface area contributed by atoms with Gasteiger partial charge in [-0.05, 0) is 43.4 Å². The van der Waals surface area contributed by atoms with Crippen LogP contribution < -0.4 is 5.32 Å². The van der Waals surface area contributed by atoms with E-state index in [1.54, 1.807) is 0 Å². The van der Waals surface area contributed by atoms with Crippen LogP contribution in [0.5, 0.6) is 0 Å². The topological polar surface area (TPSA) is 12.0 Å². The third kappa shape index (κ3) is 2.00. The fourth-order valence-electron chi connectivity index (χ4n) is 1.27. The maximum atomic E-state index is 3.88. The van der Waals surface area contributed by atoms with E-state index < -0.39 is 0 Å². The van der Waals surface area contributed by atoms with Gasteiger partial charge in [0.1, 0.15) is 0 Å². The van der Waals surface area contributed by atoms with E-state index >= 15 is 0 Å². The van der Waals surface area contributed by atoms with E-state index in [2.05, 4.69) is 24.4 Å². The Morgan fingerprint density at radius 1 is 1.42 bits per heavy atom. The van der Waals surface area contributed by atoms with Crippen molar-refractivity contribution < 1.29 is 0 Å². The van der Waals surface area contributed by atoms with E-state index in [0.29, 0.717) is 0 Å². The Morgan fingerprint density at radius 2 is 2.25 bits per heavy atom. The smallest absolute Gasteiger partial charge is 0.0343 e. The van der Waals surface area contributed by atoms with Gasteiger partial charge in [0.25, 0.3) is 0 Å². The maximum absolute atomic E-state index is 3.88. The number of hydrogen-bond donors (Lipinski definition) is 1. The van der Waals surface area contributed by atoms with Crippen molar-refractivity contribution in [3.8, 4) is 0 Å². The summed E-state index contributed by atoms with van der Waals surface area (Å²) >= 11 is 0. The highest BCUT2D eigenvalue weighted by atomic mass is 14.9. The monoisotopic (exact) mass is 160 g/mol. The van der Waals surface area contributed by atoms with Gasteiger partial charge in [-0.15, -0.1) is 0 Å². The second-order valence-electron chi connectivity index (χ2n) is 3.52. The lowest BCUT2D eigenvalue weighted by molar-refractivity contribution is 0.889. The van der Waals surface area contributed by atoms with Gasteiger partial charge >= 0.3 is 0 Å². The first-order valence-electron chi connectivity index (χ1n) is 4.50. The number of nitrogens with one attached hydrogen (secondary N) is 1. The normalized spacial score (nSPS) is 16.1. The molecule has 0 spiro atoms. The van der Waals surface area contributed by atoms with Gasteiger partial charge in [0.05, 0.1) is 0 Å². The van der Waals surface area contributed by atoms with E-state index in [9.17, 15) is 0 Å². The zero-order chi connectivity index (χ0) is 8.39. The van der Waals surface area contributed by atoms with Crippen LogP contribution in [0.4, 0.5) is 5.69 Å². The highest BCUT2D eigenvalue weighted by Crippen LogP contribution is 2.28. The van der Waals surface area contributed by atoms with E-state index in [-0.39, 0.29) is 0 Å². The van der Waals surface area contributed by atoms with Crippen LogP contribution in [-0.4, -0.2) is 6.54 Å². The Labute approximate surface area is 73.8 Å². The van der Waals surface area contributed by atoms with Crippen molar-refractivity contribution in [2.45, 2.75) is 12.8 Å². The van der Waals surface area contributed by atoms with Crippen molar-refractivity contribution in [1.29, 1.82) is 0 Å². The molecule has 2 rings (SSSR count). The Morgan fingerprint density at radius 3 is 2.92 bits per heavy atom. The van der Waals surface area contributed by atoms with Crippen molar-refractivity contribution in [1.82, 2.24) is 0 Å². The molecule has 0 unspecified atom stereocenters. The minimum atomic E-state index is 0.929. The second-order valence-corrected chi connectivity index (χ2v) is 3.52. The Kier molecular flexibility index (Phi) is 2.03. The number of benzene rings is 1. The van der Waals surface area contributed by atoms with Crippen LogP contribution in [0, 0.1) is 12.8 Å². The second kappa shape index (κ2) is 3.18. The molecule has 0 saturated heterocycles. The van der Waals surface area contributed by atoms with Crippen LogP contribution in [0.3, 0.4) is 0 Å². The Bertz CT molecular complexity index is 263. The standard InChI is InChI=1S/C11H14N/c1-9-3-2-4-11(7-9)12-8-10-5-6-10/h2-4,7,10,12H,1,5-6,8H2. The van der Waals surface area contributed by atoms with Crippen molar-refractivity contribution in [2.24, 2.45) is 5.92 Å². The van der Waals surface area contributed by atoms with Crippen LogP contribution >= 0.6 is 0 Å². The number of rotatable bonds is 3. The predicted octanol–water partition coefficient (Wildman–Crippen LogP) is 2.69. The first-order valence-corrected chi connectivity index (χ1v) is 4.50. The Hall–Kier alpha value is -0.980. The summed E-state index contributed by atoms with van der Waals surface area (Å²) in [4.78, 5) is 0. The van der Waals surface area contributed by atoms with Gasteiger partial charge in [0.2, 0.25) is 0 Å². The summed E-state index contributed by atoms with van der Waals surface area (Å²) < 4.78 is 0.